The zero-order valence-electron chi connectivity index (χ0n) is 12.3. The van der Waals surface area contributed by atoms with E-state index in [1.807, 2.05) is 0 Å². The van der Waals surface area contributed by atoms with Crippen molar-refractivity contribution in [3.63, 3.8) is 0 Å². The van der Waals surface area contributed by atoms with Crippen LogP contribution in [0.5, 0.6) is 0 Å². The van der Waals surface area contributed by atoms with Crippen molar-refractivity contribution < 1.29 is 17.2 Å². The number of benzene rings is 1. The van der Waals surface area contributed by atoms with Gasteiger partial charge in [0.2, 0.25) is 10.0 Å². The Morgan fingerprint density at radius 3 is 2.50 bits per heavy atom. The number of halogens is 2. The molecule has 1 N–H and O–H groups in total. The van der Waals surface area contributed by atoms with Crippen molar-refractivity contribution in [2.24, 2.45) is 5.92 Å². The molecule has 1 aromatic rings. The van der Waals surface area contributed by atoms with Crippen LogP contribution < -0.4 is 5.32 Å². The Balaban J connectivity index is 1.73. The fraction of sp³-hybridized carbons (Fsp3) is 0.600. The first kappa shape index (κ1) is 15.8. The monoisotopic (exact) mass is 330 g/mol. The number of sulfonamides is 1. The van der Waals surface area contributed by atoms with Gasteiger partial charge in [0, 0.05) is 19.1 Å². The molecule has 3 rings (SSSR count). The maximum atomic E-state index is 13.8. The molecular formula is C15H20F2N2O2S. The van der Waals surface area contributed by atoms with E-state index in [1.54, 1.807) is 0 Å². The Labute approximate surface area is 129 Å². The smallest absolute Gasteiger partial charge is 0.246 e. The Kier molecular flexibility index (Phi) is 4.47. The summed E-state index contributed by atoms with van der Waals surface area (Å²) in [5, 5.41) is 3.45. The lowest BCUT2D eigenvalue weighted by molar-refractivity contribution is 0.233. The summed E-state index contributed by atoms with van der Waals surface area (Å²) in [6, 6.07) is 3.01. The summed E-state index contributed by atoms with van der Waals surface area (Å²) in [6.45, 7) is 1.75. The quantitative estimate of drug-likeness (QED) is 0.923. The maximum absolute atomic E-state index is 13.8. The molecule has 0 aliphatic carbocycles. The number of rotatable bonds is 3. The van der Waals surface area contributed by atoms with Crippen molar-refractivity contribution in [1.82, 2.24) is 9.62 Å². The zero-order valence-corrected chi connectivity index (χ0v) is 13.1. The molecule has 2 heterocycles. The van der Waals surface area contributed by atoms with Gasteiger partial charge in [-0.05, 0) is 56.3 Å². The van der Waals surface area contributed by atoms with Crippen molar-refractivity contribution in [3.8, 4) is 0 Å². The van der Waals surface area contributed by atoms with Gasteiger partial charge in [-0.2, -0.15) is 4.31 Å². The van der Waals surface area contributed by atoms with Crippen LogP contribution in [0.3, 0.4) is 0 Å². The second-order valence-electron chi connectivity index (χ2n) is 6.02. The third kappa shape index (κ3) is 3.02. The first-order valence-corrected chi connectivity index (χ1v) is 9.11. The fourth-order valence-corrected chi connectivity index (χ4v) is 4.99. The van der Waals surface area contributed by atoms with Gasteiger partial charge in [0.15, 0.2) is 0 Å². The van der Waals surface area contributed by atoms with E-state index in [0.29, 0.717) is 25.0 Å². The summed E-state index contributed by atoms with van der Waals surface area (Å²) in [4.78, 5) is -0.565. The van der Waals surface area contributed by atoms with Crippen molar-refractivity contribution in [3.05, 3.63) is 29.8 Å². The van der Waals surface area contributed by atoms with Gasteiger partial charge in [-0.1, -0.05) is 0 Å². The van der Waals surface area contributed by atoms with Crippen LogP contribution in [0.4, 0.5) is 8.78 Å². The van der Waals surface area contributed by atoms with Crippen LogP contribution in [0.1, 0.15) is 25.7 Å². The van der Waals surface area contributed by atoms with E-state index in [9.17, 15) is 17.2 Å². The van der Waals surface area contributed by atoms with Crippen LogP contribution in [-0.4, -0.2) is 38.4 Å². The molecule has 0 radical (unpaired) electrons. The molecule has 0 bridgehead atoms. The van der Waals surface area contributed by atoms with Crippen molar-refractivity contribution in [1.29, 1.82) is 0 Å². The molecule has 7 heteroatoms. The SMILES string of the molecule is O=S(=O)(c1cc(F)ccc1F)N1CCC(C2CCCN2)CC1. The molecule has 2 saturated heterocycles. The topological polar surface area (TPSA) is 49.4 Å². The molecule has 122 valence electrons. The number of piperidine rings is 1. The van der Waals surface area contributed by atoms with Crippen LogP contribution in [0.2, 0.25) is 0 Å². The highest BCUT2D eigenvalue weighted by Gasteiger charge is 2.34. The third-order valence-corrected chi connectivity index (χ3v) is 6.59. The minimum Gasteiger partial charge on any atom is -0.314 e. The van der Waals surface area contributed by atoms with E-state index in [1.165, 1.54) is 4.31 Å². The molecular weight excluding hydrogens is 310 g/mol. The summed E-state index contributed by atoms with van der Waals surface area (Å²) >= 11 is 0. The number of nitrogens with zero attached hydrogens (tertiary/aromatic N) is 1. The first-order chi connectivity index (χ1) is 10.5. The molecule has 1 unspecified atom stereocenters. The van der Waals surface area contributed by atoms with Crippen molar-refractivity contribution >= 4 is 10.0 Å². The van der Waals surface area contributed by atoms with Gasteiger partial charge in [0.25, 0.3) is 0 Å². The normalized spacial score (nSPS) is 24.7. The minimum absolute atomic E-state index is 0.362. The van der Waals surface area contributed by atoms with Crippen LogP contribution in [0.25, 0.3) is 0 Å². The number of hydrogen-bond donors (Lipinski definition) is 1. The predicted octanol–water partition coefficient (Wildman–Crippen LogP) is 2.12. The van der Waals surface area contributed by atoms with Crippen molar-refractivity contribution in [2.45, 2.75) is 36.6 Å². The largest absolute Gasteiger partial charge is 0.314 e. The molecule has 2 fully saturated rings. The second kappa shape index (κ2) is 6.22. The molecule has 2 aliphatic heterocycles. The Morgan fingerprint density at radius 2 is 1.86 bits per heavy atom. The molecule has 0 aromatic heterocycles. The fourth-order valence-electron chi connectivity index (χ4n) is 3.45. The summed E-state index contributed by atoms with van der Waals surface area (Å²) in [5.74, 6) is -1.18. The molecule has 0 spiro atoms. The maximum Gasteiger partial charge on any atom is 0.246 e. The standard InChI is InChI=1S/C15H20F2N2O2S/c16-12-3-4-13(17)15(10-12)22(20,21)19-8-5-11(6-9-19)14-2-1-7-18-14/h3-4,10-11,14,18H,1-2,5-9H2. The van der Waals surface area contributed by atoms with Gasteiger partial charge in [0.05, 0.1) is 0 Å². The highest BCUT2D eigenvalue weighted by atomic mass is 32.2. The summed E-state index contributed by atoms with van der Waals surface area (Å²) in [7, 11) is -3.96. The highest BCUT2D eigenvalue weighted by molar-refractivity contribution is 7.89. The van der Waals surface area contributed by atoms with E-state index >= 15 is 0 Å². The highest BCUT2D eigenvalue weighted by Crippen LogP contribution is 2.29. The van der Waals surface area contributed by atoms with Gasteiger partial charge in [-0.15, -0.1) is 0 Å². The zero-order chi connectivity index (χ0) is 15.7. The lowest BCUT2D eigenvalue weighted by Gasteiger charge is -2.34. The van der Waals surface area contributed by atoms with E-state index in [-0.39, 0.29) is 0 Å². The van der Waals surface area contributed by atoms with E-state index in [4.69, 9.17) is 0 Å². The minimum atomic E-state index is -3.96. The van der Waals surface area contributed by atoms with Gasteiger partial charge in [0.1, 0.15) is 16.5 Å². The van der Waals surface area contributed by atoms with Gasteiger partial charge in [-0.25, -0.2) is 17.2 Å². The predicted molar refractivity (Wildman–Crippen MR) is 78.9 cm³/mol. The average Bonchev–Trinajstić information content (AvgIpc) is 3.04. The van der Waals surface area contributed by atoms with Crippen LogP contribution in [-0.2, 0) is 10.0 Å². The molecule has 2 aliphatic rings. The summed E-state index contributed by atoms with van der Waals surface area (Å²) in [5.41, 5.74) is 0. The number of hydrogen-bond acceptors (Lipinski definition) is 3. The second-order valence-corrected chi connectivity index (χ2v) is 7.93. The van der Waals surface area contributed by atoms with Crippen LogP contribution >= 0.6 is 0 Å². The molecule has 0 saturated carbocycles. The first-order valence-electron chi connectivity index (χ1n) is 7.67. The van der Waals surface area contributed by atoms with E-state index < -0.39 is 26.6 Å². The summed E-state index contributed by atoms with van der Waals surface area (Å²) < 4.78 is 53.3. The Bertz CT molecular complexity index is 637. The van der Waals surface area contributed by atoms with E-state index in [0.717, 1.165) is 50.4 Å². The Hall–Kier alpha value is -1.05. The van der Waals surface area contributed by atoms with Crippen LogP contribution in [0.15, 0.2) is 23.1 Å². The Morgan fingerprint density at radius 1 is 1.14 bits per heavy atom. The molecule has 4 nitrogen and oxygen atoms in total. The molecule has 1 aromatic carbocycles. The van der Waals surface area contributed by atoms with Gasteiger partial charge in [-0.3, -0.25) is 0 Å². The summed E-state index contributed by atoms with van der Waals surface area (Å²) in [6.07, 6.45) is 3.81. The van der Waals surface area contributed by atoms with Crippen LogP contribution in [0, 0.1) is 17.6 Å². The average molecular weight is 330 g/mol. The van der Waals surface area contributed by atoms with E-state index in [2.05, 4.69) is 5.32 Å². The lowest BCUT2D eigenvalue weighted by Crippen LogP contribution is -2.43. The van der Waals surface area contributed by atoms with Crippen molar-refractivity contribution in [2.75, 3.05) is 19.6 Å². The molecule has 1 atom stereocenters. The number of nitrogens with one attached hydrogen (secondary N) is 1. The van der Waals surface area contributed by atoms with Gasteiger partial charge >= 0.3 is 0 Å². The third-order valence-electron chi connectivity index (χ3n) is 4.68. The lowest BCUT2D eigenvalue weighted by atomic mass is 9.89. The molecule has 0 amide bonds. The molecule has 22 heavy (non-hydrogen) atoms. The van der Waals surface area contributed by atoms with Gasteiger partial charge < -0.3 is 5.32 Å².